The Labute approximate surface area is 116 Å². The second kappa shape index (κ2) is 5.08. The number of benzene rings is 1. The molecule has 18 heavy (non-hydrogen) atoms. The minimum atomic E-state index is -0.881. The molecule has 0 amide bonds. The predicted molar refractivity (Wildman–Crippen MR) is 72.5 cm³/mol. The molecule has 0 aromatic heterocycles. The summed E-state index contributed by atoms with van der Waals surface area (Å²) in [6, 6.07) is 5.05. The summed E-state index contributed by atoms with van der Waals surface area (Å²) in [5.41, 5.74) is -0.206. The standard InChI is InChI=1S/C13H15Cl2NO2/c1-16-6-4-13(5-7-16,12(17)18)10-3-2-9(14)8-11(10)15/h2-3,8H,4-7H2,1H3,(H,17,18). The van der Waals surface area contributed by atoms with Crippen molar-refractivity contribution in [2.24, 2.45) is 0 Å². The van der Waals surface area contributed by atoms with Gasteiger partial charge in [-0.15, -0.1) is 0 Å². The Morgan fingerprint density at radius 1 is 1.33 bits per heavy atom. The first-order chi connectivity index (χ1) is 8.45. The quantitative estimate of drug-likeness (QED) is 0.909. The van der Waals surface area contributed by atoms with Gasteiger partial charge in [0.25, 0.3) is 0 Å². The number of carboxylic acid groups (broad SMARTS) is 1. The van der Waals surface area contributed by atoms with Gasteiger partial charge in [0.05, 0.1) is 5.41 Å². The summed E-state index contributed by atoms with van der Waals surface area (Å²) in [7, 11) is 2.00. The van der Waals surface area contributed by atoms with Gasteiger partial charge < -0.3 is 10.0 Å². The molecule has 0 unspecified atom stereocenters. The van der Waals surface area contributed by atoms with Gasteiger partial charge in [-0.25, -0.2) is 0 Å². The Morgan fingerprint density at radius 2 is 1.94 bits per heavy atom. The van der Waals surface area contributed by atoms with E-state index in [9.17, 15) is 9.90 Å². The zero-order chi connectivity index (χ0) is 13.3. The van der Waals surface area contributed by atoms with Crippen molar-refractivity contribution in [3.8, 4) is 0 Å². The average Bonchev–Trinajstić information content (AvgIpc) is 2.30. The maximum Gasteiger partial charge on any atom is 0.314 e. The molecular weight excluding hydrogens is 273 g/mol. The molecule has 1 aliphatic rings. The molecule has 1 aromatic carbocycles. The lowest BCUT2D eigenvalue weighted by Gasteiger charge is -2.38. The highest BCUT2D eigenvalue weighted by Gasteiger charge is 2.43. The lowest BCUT2D eigenvalue weighted by molar-refractivity contribution is -0.145. The summed E-state index contributed by atoms with van der Waals surface area (Å²) >= 11 is 12.0. The van der Waals surface area contributed by atoms with Crippen molar-refractivity contribution in [3.05, 3.63) is 33.8 Å². The Bertz CT molecular complexity index is 468. The third-order valence-electron chi connectivity index (χ3n) is 3.70. The topological polar surface area (TPSA) is 40.5 Å². The van der Waals surface area contributed by atoms with Crippen LogP contribution in [0.4, 0.5) is 0 Å². The van der Waals surface area contributed by atoms with Crippen LogP contribution in [0.2, 0.25) is 10.0 Å². The second-order valence-corrected chi connectivity index (χ2v) is 5.66. The first kappa shape index (κ1) is 13.7. The molecular formula is C13H15Cl2NO2. The van der Waals surface area contributed by atoms with E-state index in [-0.39, 0.29) is 0 Å². The van der Waals surface area contributed by atoms with Crippen molar-refractivity contribution in [1.82, 2.24) is 4.90 Å². The highest BCUT2D eigenvalue weighted by atomic mass is 35.5. The first-order valence-corrected chi connectivity index (χ1v) is 6.59. The molecule has 1 N–H and O–H groups in total. The van der Waals surface area contributed by atoms with Gasteiger partial charge >= 0.3 is 5.97 Å². The number of hydrogen-bond donors (Lipinski definition) is 1. The van der Waals surface area contributed by atoms with E-state index < -0.39 is 11.4 Å². The molecule has 0 atom stereocenters. The fourth-order valence-corrected chi connectivity index (χ4v) is 3.07. The smallest absolute Gasteiger partial charge is 0.314 e. The van der Waals surface area contributed by atoms with Crippen molar-refractivity contribution >= 4 is 29.2 Å². The molecule has 1 heterocycles. The number of piperidine rings is 1. The molecule has 1 fully saturated rings. The molecule has 1 aliphatic heterocycles. The van der Waals surface area contributed by atoms with Crippen LogP contribution in [-0.4, -0.2) is 36.1 Å². The van der Waals surface area contributed by atoms with E-state index in [2.05, 4.69) is 4.90 Å². The SMILES string of the molecule is CN1CCC(C(=O)O)(c2ccc(Cl)cc2Cl)CC1. The van der Waals surface area contributed by atoms with Crippen LogP contribution in [0, 0.1) is 0 Å². The van der Waals surface area contributed by atoms with E-state index in [4.69, 9.17) is 23.2 Å². The summed E-state index contributed by atoms with van der Waals surface area (Å²) < 4.78 is 0. The third kappa shape index (κ3) is 2.35. The fraction of sp³-hybridized carbons (Fsp3) is 0.462. The van der Waals surface area contributed by atoms with Crippen LogP contribution in [0.5, 0.6) is 0 Å². The van der Waals surface area contributed by atoms with E-state index in [1.54, 1.807) is 18.2 Å². The van der Waals surface area contributed by atoms with Gasteiger partial charge in [-0.05, 0) is 50.7 Å². The summed E-state index contributed by atoms with van der Waals surface area (Å²) in [6.45, 7) is 1.51. The first-order valence-electron chi connectivity index (χ1n) is 5.83. The average molecular weight is 288 g/mol. The Morgan fingerprint density at radius 3 is 2.44 bits per heavy atom. The molecule has 2 rings (SSSR count). The summed E-state index contributed by atoms with van der Waals surface area (Å²) in [5, 5.41) is 10.6. The van der Waals surface area contributed by atoms with Gasteiger partial charge in [-0.3, -0.25) is 4.79 Å². The molecule has 3 nitrogen and oxygen atoms in total. The number of likely N-dealkylation sites (tertiary alicyclic amines) is 1. The summed E-state index contributed by atoms with van der Waals surface area (Å²) in [6.07, 6.45) is 1.14. The zero-order valence-corrected chi connectivity index (χ0v) is 11.6. The monoisotopic (exact) mass is 287 g/mol. The summed E-state index contributed by atoms with van der Waals surface area (Å²) in [5.74, 6) is -0.806. The lowest BCUT2D eigenvalue weighted by atomic mass is 9.73. The number of rotatable bonds is 2. The number of hydrogen-bond acceptors (Lipinski definition) is 2. The normalized spacial score (nSPS) is 19.7. The second-order valence-electron chi connectivity index (χ2n) is 4.81. The highest BCUT2D eigenvalue weighted by Crippen LogP contribution is 2.40. The van der Waals surface area contributed by atoms with Gasteiger partial charge in [0.15, 0.2) is 0 Å². The Balaban J connectivity index is 2.44. The minimum Gasteiger partial charge on any atom is -0.481 e. The van der Waals surface area contributed by atoms with Crippen LogP contribution < -0.4 is 0 Å². The predicted octanol–water partition coefficient (Wildman–Crippen LogP) is 3.04. The molecule has 0 radical (unpaired) electrons. The number of nitrogens with zero attached hydrogens (tertiary/aromatic N) is 1. The van der Waals surface area contributed by atoms with Crippen LogP contribution in [0.25, 0.3) is 0 Å². The highest BCUT2D eigenvalue weighted by molar-refractivity contribution is 6.35. The number of carbonyl (C=O) groups is 1. The van der Waals surface area contributed by atoms with Crippen molar-refractivity contribution in [1.29, 1.82) is 0 Å². The van der Waals surface area contributed by atoms with Crippen LogP contribution in [0.1, 0.15) is 18.4 Å². The Hall–Kier alpha value is -0.770. The number of carboxylic acids is 1. The summed E-state index contributed by atoms with van der Waals surface area (Å²) in [4.78, 5) is 13.8. The maximum absolute atomic E-state index is 11.7. The van der Waals surface area contributed by atoms with E-state index in [1.807, 2.05) is 7.05 Å². The third-order valence-corrected chi connectivity index (χ3v) is 4.24. The fourth-order valence-electron chi connectivity index (χ4n) is 2.48. The van der Waals surface area contributed by atoms with Crippen molar-refractivity contribution in [2.75, 3.05) is 20.1 Å². The van der Waals surface area contributed by atoms with Crippen LogP contribution in [0.15, 0.2) is 18.2 Å². The van der Waals surface area contributed by atoms with Crippen molar-refractivity contribution < 1.29 is 9.90 Å². The maximum atomic E-state index is 11.7. The molecule has 0 aliphatic carbocycles. The van der Waals surface area contributed by atoms with Gasteiger partial charge in [-0.1, -0.05) is 29.3 Å². The van der Waals surface area contributed by atoms with E-state index in [0.717, 1.165) is 13.1 Å². The zero-order valence-electron chi connectivity index (χ0n) is 10.1. The number of halogens is 2. The molecule has 1 saturated heterocycles. The van der Waals surface area contributed by atoms with E-state index in [1.165, 1.54) is 0 Å². The largest absolute Gasteiger partial charge is 0.481 e. The van der Waals surface area contributed by atoms with Gasteiger partial charge in [-0.2, -0.15) is 0 Å². The lowest BCUT2D eigenvalue weighted by Crippen LogP contribution is -2.46. The number of aliphatic carboxylic acids is 1. The van der Waals surface area contributed by atoms with Gasteiger partial charge in [0.1, 0.15) is 0 Å². The van der Waals surface area contributed by atoms with Crippen LogP contribution in [-0.2, 0) is 10.2 Å². The molecule has 98 valence electrons. The molecule has 0 spiro atoms. The molecule has 0 bridgehead atoms. The van der Waals surface area contributed by atoms with E-state index in [0.29, 0.717) is 28.5 Å². The van der Waals surface area contributed by atoms with Gasteiger partial charge in [0.2, 0.25) is 0 Å². The molecule has 0 saturated carbocycles. The molecule has 1 aromatic rings. The van der Waals surface area contributed by atoms with Crippen LogP contribution >= 0.6 is 23.2 Å². The van der Waals surface area contributed by atoms with Crippen molar-refractivity contribution in [3.63, 3.8) is 0 Å². The van der Waals surface area contributed by atoms with E-state index >= 15 is 0 Å². The minimum absolute atomic E-state index is 0.439. The molecule has 5 heteroatoms. The van der Waals surface area contributed by atoms with Crippen LogP contribution in [0.3, 0.4) is 0 Å². The Kier molecular flexibility index (Phi) is 3.85. The van der Waals surface area contributed by atoms with Crippen molar-refractivity contribution in [2.45, 2.75) is 18.3 Å². The van der Waals surface area contributed by atoms with Gasteiger partial charge in [0, 0.05) is 10.0 Å².